The Bertz CT molecular complexity index is 880. The molecule has 2 aromatic carbocycles. The van der Waals surface area contributed by atoms with Crippen LogP contribution in [0.1, 0.15) is 20.7 Å². The number of phenols is 1. The fraction of sp³-hybridized carbons (Fsp3) is 0.263. The molecule has 27 heavy (non-hydrogen) atoms. The summed E-state index contributed by atoms with van der Waals surface area (Å²) in [4.78, 5) is 28.6. The van der Waals surface area contributed by atoms with Crippen LogP contribution in [0.25, 0.3) is 0 Å². The number of benzene rings is 2. The molecule has 1 heterocycles. The van der Waals surface area contributed by atoms with Crippen LogP contribution in [0, 0.1) is 0 Å². The lowest BCUT2D eigenvalue weighted by molar-refractivity contribution is 0.0533. The number of amides is 2. The van der Waals surface area contributed by atoms with Gasteiger partial charge in [-0.2, -0.15) is 0 Å². The zero-order chi connectivity index (χ0) is 19.6. The Kier molecular flexibility index (Phi) is 5.77. The average molecular weight is 409 g/mol. The highest BCUT2D eigenvalue weighted by molar-refractivity contribution is 6.43. The monoisotopic (exact) mass is 408 g/mol. The van der Waals surface area contributed by atoms with Crippen LogP contribution < -0.4 is 4.74 Å². The molecule has 8 heteroatoms. The van der Waals surface area contributed by atoms with Gasteiger partial charge >= 0.3 is 0 Å². The van der Waals surface area contributed by atoms with Crippen molar-refractivity contribution in [2.75, 3.05) is 33.3 Å². The number of methoxy groups -OCH3 is 1. The van der Waals surface area contributed by atoms with Crippen LogP contribution in [-0.2, 0) is 0 Å². The van der Waals surface area contributed by atoms with E-state index in [4.69, 9.17) is 27.9 Å². The first-order valence-corrected chi connectivity index (χ1v) is 9.07. The fourth-order valence-electron chi connectivity index (χ4n) is 2.94. The van der Waals surface area contributed by atoms with Crippen LogP contribution in [0.4, 0.5) is 0 Å². The first-order chi connectivity index (χ1) is 12.9. The number of phenolic OH excluding ortho intramolecular Hbond substituents is 1. The van der Waals surface area contributed by atoms with Crippen molar-refractivity contribution in [3.8, 4) is 11.5 Å². The number of ether oxygens (including phenoxy) is 1. The highest BCUT2D eigenvalue weighted by atomic mass is 35.5. The van der Waals surface area contributed by atoms with E-state index in [0.717, 1.165) is 0 Å². The predicted molar refractivity (Wildman–Crippen MR) is 103 cm³/mol. The molecule has 1 saturated heterocycles. The van der Waals surface area contributed by atoms with Crippen molar-refractivity contribution in [2.24, 2.45) is 0 Å². The number of carbonyl (C=O) groups is 2. The summed E-state index contributed by atoms with van der Waals surface area (Å²) in [5.41, 5.74) is 0.515. The van der Waals surface area contributed by atoms with E-state index in [1.165, 1.54) is 19.2 Å². The molecule has 2 amide bonds. The molecule has 1 N–H and O–H groups in total. The van der Waals surface area contributed by atoms with E-state index >= 15 is 0 Å². The molecule has 0 bridgehead atoms. The lowest BCUT2D eigenvalue weighted by Crippen LogP contribution is -2.50. The van der Waals surface area contributed by atoms with E-state index in [2.05, 4.69) is 0 Å². The molecule has 1 aliphatic heterocycles. The molecule has 0 radical (unpaired) electrons. The Balaban J connectivity index is 1.69. The number of aromatic hydroxyl groups is 1. The van der Waals surface area contributed by atoms with E-state index in [0.29, 0.717) is 42.5 Å². The number of hydrogen-bond acceptors (Lipinski definition) is 4. The quantitative estimate of drug-likeness (QED) is 0.845. The molecule has 0 unspecified atom stereocenters. The Labute approximate surface area is 166 Å². The minimum atomic E-state index is -0.306. The standard InChI is InChI=1S/C19H18Cl2N2O4/c1-27-12-5-6-16(24)14(11-12)19(26)23-9-7-22(8-10-23)18(25)13-3-2-4-15(20)17(13)21/h2-6,11,24H,7-10H2,1H3. The second kappa shape index (κ2) is 8.06. The Morgan fingerprint density at radius 3 is 2.15 bits per heavy atom. The second-order valence-corrected chi connectivity index (χ2v) is 6.85. The number of rotatable bonds is 3. The van der Waals surface area contributed by atoms with Crippen molar-refractivity contribution < 1.29 is 19.4 Å². The third-order valence-electron chi connectivity index (χ3n) is 4.47. The van der Waals surface area contributed by atoms with Crippen LogP contribution in [0.3, 0.4) is 0 Å². The van der Waals surface area contributed by atoms with Gasteiger partial charge in [-0.1, -0.05) is 29.3 Å². The zero-order valence-electron chi connectivity index (χ0n) is 14.6. The summed E-state index contributed by atoms with van der Waals surface area (Å²) in [6, 6.07) is 9.43. The summed E-state index contributed by atoms with van der Waals surface area (Å²) in [5.74, 6) is -0.149. The zero-order valence-corrected chi connectivity index (χ0v) is 16.1. The van der Waals surface area contributed by atoms with E-state index in [1.54, 1.807) is 34.1 Å². The summed E-state index contributed by atoms with van der Waals surface area (Å²) in [5, 5.41) is 10.5. The van der Waals surface area contributed by atoms with Gasteiger partial charge in [-0.15, -0.1) is 0 Å². The van der Waals surface area contributed by atoms with Gasteiger partial charge in [0.1, 0.15) is 11.5 Å². The lowest BCUT2D eigenvalue weighted by Gasteiger charge is -2.35. The van der Waals surface area contributed by atoms with Gasteiger partial charge in [0.15, 0.2) is 0 Å². The van der Waals surface area contributed by atoms with Gasteiger partial charge in [0.25, 0.3) is 11.8 Å². The topological polar surface area (TPSA) is 70.1 Å². The Morgan fingerprint density at radius 2 is 1.56 bits per heavy atom. The first-order valence-electron chi connectivity index (χ1n) is 8.32. The van der Waals surface area contributed by atoms with Crippen LogP contribution >= 0.6 is 23.2 Å². The lowest BCUT2D eigenvalue weighted by atomic mass is 10.1. The van der Waals surface area contributed by atoms with Crippen molar-refractivity contribution >= 4 is 35.0 Å². The number of nitrogens with zero attached hydrogens (tertiary/aromatic N) is 2. The summed E-state index contributed by atoms with van der Waals surface area (Å²) in [6.07, 6.45) is 0. The fourth-order valence-corrected chi connectivity index (χ4v) is 3.32. The van der Waals surface area contributed by atoms with E-state index < -0.39 is 0 Å². The van der Waals surface area contributed by atoms with Crippen molar-refractivity contribution in [1.29, 1.82) is 0 Å². The predicted octanol–water partition coefficient (Wildman–Crippen LogP) is 3.31. The molecule has 3 rings (SSSR count). The van der Waals surface area contributed by atoms with Crippen molar-refractivity contribution in [2.45, 2.75) is 0 Å². The van der Waals surface area contributed by atoms with Crippen molar-refractivity contribution in [3.05, 3.63) is 57.6 Å². The van der Waals surface area contributed by atoms with Crippen molar-refractivity contribution in [3.63, 3.8) is 0 Å². The van der Waals surface area contributed by atoms with Gasteiger partial charge in [-0.05, 0) is 30.3 Å². The van der Waals surface area contributed by atoms with Crippen LogP contribution in [0.2, 0.25) is 10.0 Å². The van der Waals surface area contributed by atoms with Gasteiger partial charge in [0.2, 0.25) is 0 Å². The molecule has 1 aliphatic rings. The van der Waals surface area contributed by atoms with Gasteiger partial charge in [-0.25, -0.2) is 0 Å². The molecule has 0 aliphatic carbocycles. The van der Waals surface area contributed by atoms with Crippen LogP contribution in [0.15, 0.2) is 36.4 Å². The maximum absolute atomic E-state index is 12.7. The maximum atomic E-state index is 12.7. The van der Waals surface area contributed by atoms with Gasteiger partial charge in [-0.3, -0.25) is 9.59 Å². The molecule has 1 fully saturated rings. The molecule has 6 nitrogen and oxygen atoms in total. The average Bonchev–Trinajstić information content (AvgIpc) is 2.69. The Morgan fingerprint density at radius 1 is 0.963 bits per heavy atom. The summed E-state index contributed by atoms with van der Waals surface area (Å²) in [6.45, 7) is 1.41. The number of carbonyl (C=O) groups excluding carboxylic acids is 2. The number of piperazine rings is 1. The molecule has 142 valence electrons. The summed E-state index contributed by atoms with van der Waals surface area (Å²) in [7, 11) is 1.49. The van der Waals surface area contributed by atoms with Crippen LogP contribution in [-0.4, -0.2) is 60.0 Å². The van der Waals surface area contributed by atoms with Crippen LogP contribution in [0.5, 0.6) is 11.5 Å². The third kappa shape index (κ3) is 3.96. The summed E-state index contributed by atoms with van der Waals surface area (Å²) >= 11 is 12.1. The minimum absolute atomic E-state index is 0.106. The van der Waals surface area contributed by atoms with E-state index in [1.807, 2.05) is 0 Å². The molecular weight excluding hydrogens is 391 g/mol. The smallest absolute Gasteiger partial charge is 0.257 e. The molecule has 0 saturated carbocycles. The molecule has 2 aromatic rings. The van der Waals surface area contributed by atoms with E-state index in [9.17, 15) is 14.7 Å². The molecule has 0 aromatic heterocycles. The number of hydrogen-bond donors (Lipinski definition) is 1. The normalized spacial score (nSPS) is 14.2. The van der Waals surface area contributed by atoms with Gasteiger partial charge in [0.05, 0.1) is 28.3 Å². The van der Waals surface area contributed by atoms with Gasteiger partial charge < -0.3 is 19.6 Å². The summed E-state index contributed by atoms with van der Waals surface area (Å²) < 4.78 is 5.11. The molecule has 0 atom stereocenters. The second-order valence-electron chi connectivity index (χ2n) is 6.07. The third-order valence-corrected chi connectivity index (χ3v) is 5.29. The van der Waals surface area contributed by atoms with Gasteiger partial charge in [0, 0.05) is 26.2 Å². The largest absolute Gasteiger partial charge is 0.507 e. The highest BCUT2D eigenvalue weighted by Crippen LogP contribution is 2.28. The maximum Gasteiger partial charge on any atom is 0.257 e. The SMILES string of the molecule is COc1ccc(O)c(C(=O)N2CCN(C(=O)c3cccc(Cl)c3Cl)CC2)c1. The Hall–Kier alpha value is -2.44. The molecule has 0 spiro atoms. The van der Waals surface area contributed by atoms with Crippen molar-refractivity contribution in [1.82, 2.24) is 9.80 Å². The first kappa shape index (κ1) is 19.3. The molecular formula is C19H18Cl2N2O4. The minimum Gasteiger partial charge on any atom is -0.507 e. The number of halogens is 2. The van der Waals surface area contributed by atoms with E-state index in [-0.39, 0.29) is 28.1 Å². The highest BCUT2D eigenvalue weighted by Gasteiger charge is 2.28.